The predicted octanol–water partition coefficient (Wildman–Crippen LogP) is 2.65. The Bertz CT molecular complexity index is 728. The summed E-state index contributed by atoms with van der Waals surface area (Å²) >= 11 is 0. The minimum atomic E-state index is -0.383. The van der Waals surface area contributed by atoms with Crippen LogP contribution in [-0.2, 0) is 4.74 Å². The SMILES string of the molecule is COC(=O)c1ccc(-c2cnn(-c3ccccc3)c2)[nH]1. The molecule has 1 aromatic carbocycles. The number of nitrogens with zero attached hydrogens (tertiary/aromatic N) is 2. The Labute approximate surface area is 115 Å². The quantitative estimate of drug-likeness (QED) is 0.742. The van der Waals surface area contributed by atoms with Gasteiger partial charge in [-0.25, -0.2) is 9.48 Å². The van der Waals surface area contributed by atoms with E-state index in [2.05, 4.69) is 14.8 Å². The van der Waals surface area contributed by atoms with Crippen LogP contribution in [0.15, 0.2) is 54.9 Å². The van der Waals surface area contributed by atoms with Crippen LogP contribution in [0.4, 0.5) is 0 Å². The van der Waals surface area contributed by atoms with Crippen molar-refractivity contribution in [3.63, 3.8) is 0 Å². The van der Waals surface area contributed by atoms with E-state index < -0.39 is 0 Å². The summed E-state index contributed by atoms with van der Waals surface area (Å²) in [5, 5.41) is 4.32. The summed E-state index contributed by atoms with van der Waals surface area (Å²) in [6, 6.07) is 13.4. The van der Waals surface area contributed by atoms with Gasteiger partial charge in [0.25, 0.3) is 0 Å². The van der Waals surface area contributed by atoms with Crippen molar-refractivity contribution >= 4 is 5.97 Å². The summed E-state index contributed by atoms with van der Waals surface area (Å²) in [6.07, 6.45) is 3.65. The summed E-state index contributed by atoms with van der Waals surface area (Å²) in [5.41, 5.74) is 3.14. The number of methoxy groups -OCH3 is 1. The molecular weight excluding hydrogens is 254 g/mol. The second-order valence-corrected chi connectivity index (χ2v) is 4.29. The molecule has 0 saturated carbocycles. The maximum Gasteiger partial charge on any atom is 0.354 e. The minimum absolute atomic E-state index is 0.383. The summed E-state index contributed by atoms with van der Waals surface area (Å²) in [6.45, 7) is 0. The lowest BCUT2D eigenvalue weighted by atomic mass is 10.2. The van der Waals surface area contributed by atoms with Crippen molar-refractivity contribution in [2.75, 3.05) is 7.11 Å². The number of aromatic amines is 1. The summed E-state index contributed by atoms with van der Waals surface area (Å²) < 4.78 is 6.45. The van der Waals surface area contributed by atoms with Crippen molar-refractivity contribution in [2.24, 2.45) is 0 Å². The Balaban J connectivity index is 1.91. The molecule has 0 spiro atoms. The highest BCUT2D eigenvalue weighted by Gasteiger charge is 2.10. The number of nitrogens with one attached hydrogen (secondary N) is 1. The standard InChI is InChI=1S/C15H13N3O2/c1-20-15(19)14-8-7-13(17-14)11-9-16-18(10-11)12-5-3-2-4-6-12/h2-10,17H,1H3. The van der Waals surface area contributed by atoms with Gasteiger partial charge in [0.2, 0.25) is 0 Å². The molecule has 0 saturated heterocycles. The molecule has 2 heterocycles. The van der Waals surface area contributed by atoms with Gasteiger partial charge in [-0.05, 0) is 24.3 Å². The van der Waals surface area contributed by atoms with Crippen LogP contribution in [0, 0.1) is 0 Å². The Hall–Kier alpha value is -2.82. The summed E-state index contributed by atoms with van der Waals surface area (Å²) in [4.78, 5) is 14.4. The Morgan fingerprint density at radius 1 is 1.20 bits per heavy atom. The molecule has 0 aliphatic heterocycles. The summed E-state index contributed by atoms with van der Waals surface area (Å²) in [7, 11) is 1.36. The number of H-pyrrole nitrogens is 1. The number of ether oxygens (including phenoxy) is 1. The van der Waals surface area contributed by atoms with E-state index in [4.69, 9.17) is 0 Å². The average molecular weight is 267 g/mol. The van der Waals surface area contributed by atoms with E-state index >= 15 is 0 Å². The van der Waals surface area contributed by atoms with Gasteiger partial charge in [0.15, 0.2) is 0 Å². The van der Waals surface area contributed by atoms with Crippen molar-refractivity contribution in [1.29, 1.82) is 0 Å². The van der Waals surface area contributed by atoms with E-state index in [1.807, 2.05) is 42.6 Å². The number of benzene rings is 1. The first-order chi connectivity index (χ1) is 9.78. The van der Waals surface area contributed by atoms with Crippen molar-refractivity contribution in [3.8, 4) is 16.9 Å². The first-order valence-electron chi connectivity index (χ1n) is 6.16. The molecule has 5 nitrogen and oxygen atoms in total. The lowest BCUT2D eigenvalue weighted by Gasteiger charge is -1.98. The zero-order valence-corrected chi connectivity index (χ0v) is 10.9. The van der Waals surface area contributed by atoms with Gasteiger partial charge in [-0.1, -0.05) is 18.2 Å². The van der Waals surface area contributed by atoms with Gasteiger partial charge in [-0.15, -0.1) is 0 Å². The van der Waals surface area contributed by atoms with Gasteiger partial charge >= 0.3 is 5.97 Å². The van der Waals surface area contributed by atoms with Crippen LogP contribution >= 0.6 is 0 Å². The van der Waals surface area contributed by atoms with E-state index in [1.54, 1.807) is 16.9 Å². The van der Waals surface area contributed by atoms with Crippen LogP contribution in [0.1, 0.15) is 10.5 Å². The summed E-state index contributed by atoms with van der Waals surface area (Å²) in [5.74, 6) is -0.383. The van der Waals surface area contributed by atoms with E-state index in [0.29, 0.717) is 5.69 Å². The molecule has 0 aliphatic rings. The number of hydrogen-bond donors (Lipinski definition) is 1. The third-order valence-corrected chi connectivity index (χ3v) is 3.01. The Morgan fingerprint density at radius 3 is 2.75 bits per heavy atom. The molecule has 20 heavy (non-hydrogen) atoms. The van der Waals surface area contributed by atoms with Gasteiger partial charge < -0.3 is 9.72 Å². The van der Waals surface area contributed by atoms with Crippen molar-refractivity contribution in [3.05, 3.63) is 60.6 Å². The smallest absolute Gasteiger partial charge is 0.354 e. The highest BCUT2D eigenvalue weighted by molar-refractivity contribution is 5.88. The van der Waals surface area contributed by atoms with Crippen molar-refractivity contribution in [2.45, 2.75) is 0 Å². The molecule has 0 radical (unpaired) electrons. The molecule has 100 valence electrons. The molecule has 3 rings (SSSR count). The van der Waals surface area contributed by atoms with Crippen LogP contribution in [-0.4, -0.2) is 27.8 Å². The Morgan fingerprint density at radius 2 is 2.00 bits per heavy atom. The fourth-order valence-electron chi connectivity index (χ4n) is 1.98. The van der Waals surface area contributed by atoms with Gasteiger partial charge in [-0.2, -0.15) is 5.10 Å². The number of carbonyl (C=O) groups is 1. The predicted molar refractivity (Wildman–Crippen MR) is 74.7 cm³/mol. The maximum absolute atomic E-state index is 11.4. The second-order valence-electron chi connectivity index (χ2n) is 4.29. The van der Waals surface area contributed by atoms with Crippen LogP contribution in [0.3, 0.4) is 0 Å². The fourth-order valence-corrected chi connectivity index (χ4v) is 1.98. The monoisotopic (exact) mass is 267 g/mol. The number of hydrogen-bond acceptors (Lipinski definition) is 3. The third-order valence-electron chi connectivity index (χ3n) is 3.01. The normalized spacial score (nSPS) is 10.4. The zero-order valence-electron chi connectivity index (χ0n) is 10.9. The zero-order chi connectivity index (χ0) is 13.9. The number of aromatic nitrogens is 3. The van der Waals surface area contributed by atoms with E-state index in [9.17, 15) is 4.79 Å². The molecule has 0 aliphatic carbocycles. The molecule has 2 aromatic heterocycles. The molecule has 3 aromatic rings. The van der Waals surface area contributed by atoms with Gasteiger partial charge in [0.05, 0.1) is 19.0 Å². The van der Waals surface area contributed by atoms with Gasteiger partial charge in [0, 0.05) is 17.5 Å². The first kappa shape index (κ1) is 12.2. The van der Waals surface area contributed by atoms with Crippen LogP contribution in [0.5, 0.6) is 0 Å². The molecule has 0 unspecified atom stereocenters. The lowest BCUT2D eigenvalue weighted by Crippen LogP contribution is -2.00. The lowest BCUT2D eigenvalue weighted by molar-refractivity contribution is 0.0595. The molecule has 0 fully saturated rings. The highest BCUT2D eigenvalue weighted by atomic mass is 16.5. The fraction of sp³-hybridized carbons (Fsp3) is 0.0667. The maximum atomic E-state index is 11.4. The van der Waals surface area contributed by atoms with E-state index in [0.717, 1.165) is 16.9 Å². The molecule has 1 N–H and O–H groups in total. The topological polar surface area (TPSA) is 59.9 Å². The minimum Gasteiger partial charge on any atom is -0.464 e. The van der Waals surface area contributed by atoms with Gasteiger partial charge in [-0.3, -0.25) is 0 Å². The van der Waals surface area contributed by atoms with Crippen LogP contribution < -0.4 is 0 Å². The molecule has 0 amide bonds. The van der Waals surface area contributed by atoms with E-state index in [1.165, 1.54) is 7.11 Å². The number of rotatable bonds is 3. The van der Waals surface area contributed by atoms with Crippen molar-refractivity contribution < 1.29 is 9.53 Å². The number of carbonyl (C=O) groups excluding carboxylic acids is 1. The first-order valence-corrected chi connectivity index (χ1v) is 6.16. The third kappa shape index (κ3) is 2.21. The van der Waals surface area contributed by atoms with Crippen LogP contribution in [0.2, 0.25) is 0 Å². The Kier molecular flexibility index (Phi) is 3.09. The molecular formula is C15H13N3O2. The largest absolute Gasteiger partial charge is 0.464 e. The van der Waals surface area contributed by atoms with Crippen molar-refractivity contribution in [1.82, 2.24) is 14.8 Å². The average Bonchev–Trinajstić information content (AvgIpc) is 3.16. The molecule has 5 heteroatoms. The van der Waals surface area contributed by atoms with Crippen LogP contribution in [0.25, 0.3) is 16.9 Å². The number of para-hydroxylation sites is 1. The molecule has 0 atom stereocenters. The van der Waals surface area contributed by atoms with E-state index in [-0.39, 0.29) is 5.97 Å². The molecule has 0 bridgehead atoms. The number of esters is 1. The highest BCUT2D eigenvalue weighted by Crippen LogP contribution is 2.19. The second kappa shape index (κ2) is 5.05. The van der Waals surface area contributed by atoms with Gasteiger partial charge in [0.1, 0.15) is 5.69 Å².